The third kappa shape index (κ3) is 2.71. The van der Waals surface area contributed by atoms with E-state index in [4.69, 9.17) is 0 Å². The molecule has 2 atom stereocenters. The molecule has 0 nitrogen and oxygen atoms in total. The van der Waals surface area contributed by atoms with E-state index in [-0.39, 0.29) is 0 Å². The second kappa shape index (κ2) is 7.62. The molecule has 2 unspecified atom stereocenters. The molecule has 0 radical (unpaired) electrons. The fraction of sp³-hybridized carbons (Fsp3) is 0.290. The van der Waals surface area contributed by atoms with Crippen molar-refractivity contribution < 1.29 is 20.0 Å². The molecular formula is C31H34HfSi. The average molecular weight is 613 g/mol. The molecule has 0 aromatic heterocycles. The van der Waals surface area contributed by atoms with Gasteiger partial charge in [0.05, 0.1) is 0 Å². The molecule has 3 aromatic rings. The van der Waals surface area contributed by atoms with Crippen LogP contribution >= 0.6 is 0 Å². The fourth-order valence-electron chi connectivity index (χ4n) is 7.96. The molecular weight excluding hydrogens is 579 g/mol. The van der Waals surface area contributed by atoms with Crippen molar-refractivity contribution in [3.05, 3.63) is 112 Å². The summed E-state index contributed by atoms with van der Waals surface area (Å²) < 4.78 is 6.95. The van der Waals surface area contributed by atoms with Crippen LogP contribution in [-0.2, 0) is 20.0 Å². The molecule has 0 spiro atoms. The molecule has 0 saturated carbocycles. The Morgan fingerprint density at radius 3 is 1.52 bits per heavy atom. The van der Waals surface area contributed by atoms with Crippen LogP contribution in [0, 0.1) is 0 Å². The zero-order chi connectivity index (χ0) is 23.0. The molecule has 2 heteroatoms. The number of fused-ring (bicyclic) bond motifs is 8. The topological polar surface area (TPSA) is 0 Å². The molecule has 1 aliphatic heterocycles. The van der Waals surface area contributed by atoms with Crippen molar-refractivity contribution in [3.63, 3.8) is 0 Å². The number of hydrogen-bond acceptors (Lipinski definition) is 0. The van der Waals surface area contributed by atoms with Crippen molar-refractivity contribution >= 4 is 23.7 Å². The first-order chi connectivity index (χ1) is 16.0. The molecule has 6 rings (SSSR count). The monoisotopic (exact) mass is 614 g/mol. The Balaban J connectivity index is 1.83. The van der Waals surface area contributed by atoms with Gasteiger partial charge in [0.2, 0.25) is 0 Å². The van der Waals surface area contributed by atoms with Crippen LogP contribution in [0.5, 0.6) is 0 Å². The van der Waals surface area contributed by atoms with Gasteiger partial charge in [-0.2, -0.15) is 0 Å². The Hall–Kier alpha value is -1.77. The van der Waals surface area contributed by atoms with Gasteiger partial charge in [-0.25, -0.2) is 0 Å². The Morgan fingerprint density at radius 1 is 0.636 bits per heavy atom. The standard InChI is InChI=1S/C29H28Si.2CH3.Hf/c1-4-21-19-23-13-9-11-17-26(23)28(21)30(3,25-15-7-6-8-16-25)29-22(5-2)20-24-14-10-12-18-27(24)29;;;/h6-20H,4-5H2,1-3H3;2*1H3;. The summed E-state index contributed by atoms with van der Waals surface area (Å²) in [6.07, 6.45) is 2.37. The molecule has 0 amide bonds. The zero-order valence-electron chi connectivity index (χ0n) is 20.6. The Bertz CT molecular complexity index is 1250. The maximum atomic E-state index is 2.78. The minimum atomic E-state index is -2.92. The van der Waals surface area contributed by atoms with Gasteiger partial charge < -0.3 is 0 Å². The summed E-state index contributed by atoms with van der Waals surface area (Å²) >= 11 is -2.92. The molecule has 0 saturated heterocycles. The van der Waals surface area contributed by atoms with E-state index in [1.165, 1.54) is 12.8 Å². The quantitative estimate of drug-likeness (QED) is 0.262. The van der Waals surface area contributed by atoms with Gasteiger partial charge in [0.25, 0.3) is 0 Å². The maximum absolute atomic E-state index is 2.92. The van der Waals surface area contributed by atoms with Gasteiger partial charge in [-0.1, -0.05) is 0 Å². The van der Waals surface area contributed by atoms with Crippen molar-refractivity contribution in [1.82, 2.24) is 0 Å². The van der Waals surface area contributed by atoms with Crippen LogP contribution in [0.4, 0.5) is 0 Å². The number of benzene rings is 3. The average Bonchev–Trinajstić information content (AvgIpc) is 3.38. The van der Waals surface area contributed by atoms with E-state index >= 15 is 0 Å². The van der Waals surface area contributed by atoms with Crippen LogP contribution in [0.15, 0.2) is 90.0 Å². The predicted molar refractivity (Wildman–Crippen MR) is 142 cm³/mol. The van der Waals surface area contributed by atoms with Gasteiger partial charge in [-0.05, 0) is 0 Å². The van der Waals surface area contributed by atoms with Crippen molar-refractivity contribution in [3.8, 4) is 0 Å². The molecule has 1 heterocycles. The second-order valence-corrected chi connectivity index (χ2v) is 31.9. The summed E-state index contributed by atoms with van der Waals surface area (Å²) in [5, 5.41) is 5.11. The molecule has 166 valence electrons. The molecule has 0 N–H and O–H groups in total. The van der Waals surface area contributed by atoms with E-state index in [2.05, 4.69) is 109 Å². The van der Waals surface area contributed by atoms with E-state index < -0.39 is 28.0 Å². The van der Waals surface area contributed by atoms with Crippen molar-refractivity contribution in [2.45, 2.75) is 49.9 Å². The Labute approximate surface area is 204 Å². The van der Waals surface area contributed by atoms with Gasteiger partial charge in [0.1, 0.15) is 0 Å². The second-order valence-electron chi connectivity index (χ2n) is 10.9. The van der Waals surface area contributed by atoms with Crippen LogP contribution in [0.25, 0.3) is 10.4 Å². The summed E-state index contributed by atoms with van der Waals surface area (Å²) in [7, 11) is -2.21. The van der Waals surface area contributed by atoms with Crippen LogP contribution in [0.3, 0.4) is 0 Å². The molecule has 0 fully saturated rings. The van der Waals surface area contributed by atoms with E-state index in [1.54, 1.807) is 37.8 Å². The van der Waals surface area contributed by atoms with Gasteiger partial charge in [-0.15, -0.1) is 0 Å². The SMILES string of the molecule is CCC1=C2c3ccccc3[CH]1[Hf]([CH3])([CH3])[CH]1C(CC)=C(c3ccccc31)[Si]2(C)c1ccccc1. The van der Waals surface area contributed by atoms with Gasteiger partial charge in [0.15, 0.2) is 0 Å². The summed E-state index contributed by atoms with van der Waals surface area (Å²) in [5.41, 5.74) is 10.2. The van der Waals surface area contributed by atoms with Crippen molar-refractivity contribution in [1.29, 1.82) is 0 Å². The fourth-order valence-corrected chi connectivity index (χ4v) is 31.9. The Kier molecular flexibility index (Phi) is 5.02. The van der Waals surface area contributed by atoms with Gasteiger partial charge >= 0.3 is 206 Å². The summed E-state index contributed by atoms with van der Waals surface area (Å²) in [5.74, 6) is 0. The van der Waals surface area contributed by atoms with Crippen LogP contribution in [0.1, 0.15) is 56.3 Å². The first kappa shape index (κ1) is 21.7. The van der Waals surface area contributed by atoms with E-state index in [0.29, 0.717) is 7.35 Å². The number of hydrogen-bond donors (Lipinski definition) is 0. The predicted octanol–water partition coefficient (Wildman–Crippen LogP) is 8.15. The normalized spacial score (nSPS) is 26.7. The minimum absolute atomic E-state index is 0.698. The summed E-state index contributed by atoms with van der Waals surface area (Å²) in [6.45, 7) is 7.55. The van der Waals surface area contributed by atoms with Crippen molar-refractivity contribution in [2.24, 2.45) is 0 Å². The van der Waals surface area contributed by atoms with E-state index in [9.17, 15) is 0 Å². The first-order valence-electron chi connectivity index (χ1n) is 12.7. The number of rotatable bonds is 3. The van der Waals surface area contributed by atoms with Crippen molar-refractivity contribution in [2.75, 3.05) is 0 Å². The molecule has 4 bridgehead atoms. The van der Waals surface area contributed by atoms with Gasteiger partial charge in [0, 0.05) is 0 Å². The molecule has 3 aliphatic rings. The third-order valence-corrected chi connectivity index (χ3v) is 29.1. The molecule has 2 aliphatic carbocycles. The van der Waals surface area contributed by atoms with Crippen LogP contribution in [0.2, 0.25) is 15.9 Å². The van der Waals surface area contributed by atoms with Crippen LogP contribution in [-0.4, -0.2) is 8.07 Å². The first-order valence-corrected chi connectivity index (χ1v) is 26.5. The number of allylic oxidation sites excluding steroid dienone is 2. The van der Waals surface area contributed by atoms with E-state index in [1.807, 2.05) is 11.1 Å². The van der Waals surface area contributed by atoms with E-state index in [0.717, 1.165) is 0 Å². The Morgan fingerprint density at radius 2 is 1.06 bits per heavy atom. The molecule has 3 aromatic carbocycles. The van der Waals surface area contributed by atoms with Gasteiger partial charge in [-0.3, -0.25) is 0 Å². The van der Waals surface area contributed by atoms with Crippen LogP contribution < -0.4 is 5.19 Å². The molecule has 33 heavy (non-hydrogen) atoms. The third-order valence-electron chi connectivity index (χ3n) is 9.02. The summed E-state index contributed by atoms with van der Waals surface area (Å²) in [4.78, 5) is 0. The zero-order valence-corrected chi connectivity index (χ0v) is 25.2. The summed E-state index contributed by atoms with van der Waals surface area (Å²) in [6, 6.07) is 30.7.